The maximum atomic E-state index is 12.4. The molecule has 1 atom stereocenters. The number of carbonyl (C=O) groups is 3. The van der Waals surface area contributed by atoms with Gasteiger partial charge >= 0.3 is 11.9 Å². The number of hydrogen-bond donors (Lipinski definition) is 1. The highest BCUT2D eigenvalue weighted by Gasteiger charge is 2.38. The maximum Gasteiger partial charge on any atom is 0.341 e. The van der Waals surface area contributed by atoms with Gasteiger partial charge in [0.1, 0.15) is 10.8 Å². The summed E-state index contributed by atoms with van der Waals surface area (Å²) < 4.78 is 15.0. The summed E-state index contributed by atoms with van der Waals surface area (Å²) in [7, 11) is 2.50. The second kappa shape index (κ2) is 8.91. The number of esters is 2. The van der Waals surface area contributed by atoms with Crippen LogP contribution < -0.4 is 10.1 Å². The largest absolute Gasteiger partial charge is 0.484 e. The lowest BCUT2D eigenvalue weighted by Crippen LogP contribution is -2.22. The second-order valence-electron chi connectivity index (χ2n) is 6.34. The average molecular weight is 434 g/mol. The smallest absolute Gasteiger partial charge is 0.341 e. The first-order valence-electron chi connectivity index (χ1n) is 8.84. The van der Waals surface area contributed by atoms with Gasteiger partial charge in [0.2, 0.25) is 0 Å². The van der Waals surface area contributed by atoms with Crippen molar-refractivity contribution in [2.24, 2.45) is 0 Å². The van der Waals surface area contributed by atoms with Crippen LogP contribution in [-0.4, -0.2) is 43.6 Å². The van der Waals surface area contributed by atoms with E-state index in [-0.39, 0.29) is 28.6 Å². The van der Waals surface area contributed by atoms with Gasteiger partial charge in [-0.3, -0.25) is 19.7 Å². The number of nitrogens with one attached hydrogen (secondary N) is 1. The van der Waals surface area contributed by atoms with Gasteiger partial charge < -0.3 is 19.5 Å². The number of amides is 1. The number of methoxy groups -OCH3 is 2. The molecule has 0 saturated carbocycles. The predicted octanol–water partition coefficient (Wildman–Crippen LogP) is 2.66. The van der Waals surface area contributed by atoms with E-state index in [1.165, 1.54) is 49.8 Å². The fourth-order valence-corrected chi connectivity index (χ4v) is 4.49. The lowest BCUT2D eigenvalue weighted by atomic mass is 9.99. The standard InChI is InChI=1S/C19H18N2O8S/c1-27-18(23)12-7-8-13-15(12)16(19(24)28-2)17(30-13)20-14(22)9-29-11-5-3-10(4-6-11)21(25)26/h3-6,12H,7-9H2,1-2H3,(H,20,22)/t12-/m0/s1. The van der Waals surface area contributed by atoms with Crippen LogP contribution >= 0.6 is 11.3 Å². The number of thiophene rings is 1. The van der Waals surface area contributed by atoms with E-state index in [1.54, 1.807) is 0 Å². The van der Waals surface area contributed by atoms with E-state index in [2.05, 4.69) is 5.32 Å². The molecule has 0 bridgehead atoms. The van der Waals surface area contributed by atoms with Crippen molar-refractivity contribution in [2.45, 2.75) is 18.8 Å². The molecule has 3 rings (SSSR count). The van der Waals surface area contributed by atoms with Gasteiger partial charge in [0, 0.05) is 17.0 Å². The Labute approximate surface area is 174 Å². The molecule has 10 nitrogen and oxygen atoms in total. The quantitative estimate of drug-likeness (QED) is 0.399. The Kier molecular flexibility index (Phi) is 6.31. The fourth-order valence-electron chi connectivity index (χ4n) is 3.21. The van der Waals surface area contributed by atoms with Crippen LogP contribution in [0.2, 0.25) is 0 Å². The second-order valence-corrected chi connectivity index (χ2v) is 7.44. The summed E-state index contributed by atoms with van der Waals surface area (Å²) in [6.45, 7) is -0.374. The van der Waals surface area contributed by atoms with E-state index >= 15 is 0 Å². The van der Waals surface area contributed by atoms with Crippen LogP contribution in [0.4, 0.5) is 10.7 Å². The molecule has 1 aromatic heterocycles. The first-order valence-corrected chi connectivity index (χ1v) is 9.66. The van der Waals surface area contributed by atoms with Crippen molar-refractivity contribution in [2.75, 3.05) is 26.1 Å². The fraction of sp³-hybridized carbons (Fsp3) is 0.316. The molecule has 0 saturated heterocycles. The van der Waals surface area contributed by atoms with Crippen molar-refractivity contribution >= 4 is 39.9 Å². The number of rotatable bonds is 7. The van der Waals surface area contributed by atoms with Crippen LogP contribution in [0.1, 0.15) is 33.1 Å². The van der Waals surface area contributed by atoms with Gasteiger partial charge in [0.15, 0.2) is 6.61 Å². The maximum absolute atomic E-state index is 12.4. The summed E-state index contributed by atoms with van der Waals surface area (Å²) in [6.07, 6.45) is 1.11. The van der Waals surface area contributed by atoms with Gasteiger partial charge in [-0.25, -0.2) is 4.79 Å². The molecule has 0 aliphatic heterocycles. The van der Waals surface area contributed by atoms with Crippen LogP contribution in [0.15, 0.2) is 24.3 Å². The summed E-state index contributed by atoms with van der Waals surface area (Å²) in [6, 6.07) is 5.29. The molecule has 30 heavy (non-hydrogen) atoms. The lowest BCUT2D eigenvalue weighted by molar-refractivity contribution is -0.384. The minimum atomic E-state index is -0.658. The number of carbonyl (C=O) groups excluding carboxylic acids is 3. The monoisotopic (exact) mass is 434 g/mol. The summed E-state index contributed by atoms with van der Waals surface area (Å²) in [5.41, 5.74) is 0.585. The number of non-ortho nitro benzene ring substituents is 1. The summed E-state index contributed by atoms with van der Waals surface area (Å²) in [5, 5.41) is 13.6. The SMILES string of the molecule is COC(=O)c1c(NC(=O)COc2ccc([N+](=O)[O-])cc2)sc2c1[C@@H](C(=O)OC)CC2. The van der Waals surface area contributed by atoms with Crippen molar-refractivity contribution < 1.29 is 33.5 Å². The highest BCUT2D eigenvalue weighted by Crippen LogP contribution is 2.45. The molecule has 0 radical (unpaired) electrons. The van der Waals surface area contributed by atoms with Crippen molar-refractivity contribution in [3.8, 4) is 5.75 Å². The molecule has 1 N–H and O–H groups in total. The van der Waals surface area contributed by atoms with Crippen LogP contribution in [0, 0.1) is 10.1 Å². The van der Waals surface area contributed by atoms with E-state index < -0.39 is 28.7 Å². The third-order valence-corrected chi connectivity index (χ3v) is 5.76. The molecule has 0 unspecified atom stereocenters. The van der Waals surface area contributed by atoms with E-state index in [4.69, 9.17) is 14.2 Å². The molecule has 1 heterocycles. The summed E-state index contributed by atoms with van der Waals surface area (Å²) in [5.74, 6) is -1.94. The van der Waals surface area contributed by atoms with Crippen molar-refractivity contribution in [1.82, 2.24) is 0 Å². The van der Waals surface area contributed by atoms with E-state index in [1.807, 2.05) is 0 Å². The van der Waals surface area contributed by atoms with E-state index in [9.17, 15) is 24.5 Å². The molecule has 2 aromatic rings. The molecule has 1 aliphatic carbocycles. The number of anilines is 1. The molecule has 11 heteroatoms. The zero-order valence-electron chi connectivity index (χ0n) is 16.1. The average Bonchev–Trinajstić information content (AvgIpc) is 3.30. The van der Waals surface area contributed by atoms with E-state index in [0.29, 0.717) is 18.4 Å². The van der Waals surface area contributed by atoms with Gasteiger partial charge in [-0.15, -0.1) is 11.3 Å². The van der Waals surface area contributed by atoms with Crippen LogP contribution in [-0.2, 0) is 25.5 Å². The number of nitro groups is 1. The first-order chi connectivity index (χ1) is 14.3. The molecule has 0 spiro atoms. The molecule has 1 aromatic carbocycles. The Hall–Kier alpha value is -3.47. The molecule has 1 amide bonds. The zero-order chi connectivity index (χ0) is 21.8. The Balaban J connectivity index is 1.74. The first kappa shape index (κ1) is 21.2. The minimum Gasteiger partial charge on any atom is -0.484 e. The molecular formula is C19H18N2O8S. The lowest BCUT2D eigenvalue weighted by Gasteiger charge is -2.12. The number of ether oxygens (including phenoxy) is 3. The number of fused-ring (bicyclic) bond motifs is 1. The van der Waals surface area contributed by atoms with Crippen molar-refractivity contribution in [3.63, 3.8) is 0 Å². The number of hydrogen-bond acceptors (Lipinski definition) is 9. The number of nitro benzene ring substituents is 1. The van der Waals surface area contributed by atoms with Crippen molar-refractivity contribution in [1.29, 1.82) is 0 Å². The molecule has 1 aliphatic rings. The van der Waals surface area contributed by atoms with Crippen LogP contribution in [0.25, 0.3) is 0 Å². The highest BCUT2D eigenvalue weighted by molar-refractivity contribution is 7.17. The Morgan fingerprint density at radius 2 is 1.90 bits per heavy atom. The molecule has 158 valence electrons. The number of benzene rings is 1. The van der Waals surface area contributed by atoms with Gasteiger partial charge in [-0.2, -0.15) is 0 Å². The van der Waals surface area contributed by atoms with Crippen molar-refractivity contribution in [3.05, 3.63) is 50.4 Å². The van der Waals surface area contributed by atoms with Gasteiger partial charge in [-0.1, -0.05) is 0 Å². The van der Waals surface area contributed by atoms with Gasteiger partial charge in [0.25, 0.3) is 11.6 Å². The summed E-state index contributed by atoms with van der Waals surface area (Å²) in [4.78, 5) is 47.7. The normalized spacial score (nSPS) is 14.5. The Bertz CT molecular complexity index is 999. The predicted molar refractivity (Wildman–Crippen MR) is 106 cm³/mol. The van der Waals surface area contributed by atoms with Crippen LogP contribution in [0.3, 0.4) is 0 Å². The topological polar surface area (TPSA) is 134 Å². The molecular weight excluding hydrogens is 416 g/mol. The van der Waals surface area contributed by atoms with Gasteiger partial charge in [0.05, 0.1) is 30.6 Å². The highest BCUT2D eigenvalue weighted by atomic mass is 32.1. The Morgan fingerprint density at radius 3 is 2.50 bits per heavy atom. The zero-order valence-corrected chi connectivity index (χ0v) is 16.9. The number of aryl methyl sites for hydroxylation is 1. The van der Waals surface area contributed by atoms with E-state index in [0.717, 1.165) is 4.88 Å². The third-order valence-electron chi connectivity index (χ3n) is 4.58. The number of nitrogens with zero attached hydrogens (tertiary/aromatic N) is 1. The Morgan fingerprint density at radius 1 is 1.20 bits per heavy atom. The third kappa shape index (κ3) is 4.25. The van der Waals surface area contributed by atoms with Crippen LogP contribution in [0.5, 0.6) is 5.75 Å². The minimum absolute atomic E-state index is 0.0946. The van der Waals surface area contributed by atoms with Gasteiger partial charge in [-0.05, 0) is 30.5 Å². The summed E-state index contributed by atoms with van der Waals surface area (Å²) >= 11 is 1.21. The molecule has 0 fully saturated rings.